The minimum Gasteiger partial charge on any atom is -0.508 e. The average molecular weight is 250 g/mol. The molecule has 0 amide bonds. The standard InChI is InChI=1S/C15H22O3/c1-11-10-12(7-8-13(11)16)15(2,3)9-5-6-14(17)18-4/h7-8,10,16H,5-6,9H2,1-4H3. The van der Waals surface area contributed by atoms with Crippen molar-refractivity contribution in [1.29, 1.82) is 0 Å². The fourth-order valence-electron chi connectivity index (χ4n) is 2.00. The second-order valence-electron chi connectivity index (χ2n) is 5.31. The van der Waals surface area contributed by atoms with Crippen LogP contribution in [0, 0.1) is 6.92 Å². The number of methoxy groups -OCH3 is 1. The Morgan fingerprint density at radius 3 is 2.61 bits per heavy atom. The molecule has 0 heterocycles. The summed E-state index contributed by atoms with van der Waals surface area (Å²) < 4.78 is 4.63. The summed E-state index contributed by atoms with van der Waals surface area (Å²) >= 11 is 0. The summed E-state index contributed by atoms with van der Waals surface area (Å²) in [6, 6.07) is 5.68. The first-order valence-electron chi connectivity index (χ1n) is 6.24. The van der Waals surface area contributed by atoms with Crippen molar-refractivity contribution in [3.8, 4) is 5.75 Å². The van der Waals surface area contributed by atoms with E-state index in [0.29, 0.717) is 12.2 Å². The Bertz CT molecular complexity index is 422. The van der Waals surface area contributed by atoms with Gasteiger partial charge in [0.05, 0.1) is 7.11 Å². The van der Waals surface area contributed by atoms with Crippen LogP contribution >= 0.6 is 0 Å². The van der Waals surface area contributed by atoms with E-state index in [9.17, 15) is 9.90 Å². The van der Waals surface area contributed by atoms with Crippen molar-refractivity contribution < 1.29 is 14.6 Å². The lowest BCUT2D eigenvalue weighted by Crippen LogP contribution is -2.17. The minimum atomic E-state index is -0.160. The number of aryl methyl sites for hydroxylation is 1. The molecule has 0 aliphatic heterocycles. The van der Waals surface area contributed by atoms with Gasteiger partial charge in [0.1, 0.15) is 5.75 Å². The summed E-state index contributed by atoms with van der Waals surface area (Å²) in [6.07, 6.45) is 2.17. The van der Waals surface area contributed by atoms with Crippen molar-refractivity contribution >= 4 is 5.97 Å². The van der Waals surface area contributed by atoms with Crippen LogP contribution in [0.25, 0.3) is 0 Å². The van der Waals surface area contributed by atoms with Crippen molar-refractivity contribution in [1.82, 2.24) is 0 Å². The topological polar surface area (TPSA) is 46.5 Å². The van der Waals surface area contributed by atoms with Gasteiger partial charge in [0.15, 0.2) is 0 Å². The van der Waals surface area contributed by atoms with Gasteiger partial charge >= 0.3 is 5.97 Å². The number of esters is 1. The van der Waals surface area contributed by atoms with E-state index in [-0.39, 0.29) is 11.4 Å². The Labute approximate surface area is 109 Å². The monoisotopic (exact) mass is 250 g/mol. The third-order valence-corrected chi connectivity index (χ3v) is 3.39. The predicted octanol–water partition coefficient (Wildman–Crippen LogP) is 3.32. The van der Waals surface area contributed by atoms with Gasteiger partial charge in [-0.3, -0.25) is 4.79 Å². The molecule has 0 spiro atoms. The predicted molar refractivity (Wildman–Crippen MR) is 71.7 cm³/mol. The van der Waals surface area contributed by atoms with E-state index >= 15 is 0 Å². The zero-order valence-electron chi connectivity index (χ0n) is 11.6. The van der Waals surface area contributed by atoms with Gasteiger partial charge in [-0.25, -0.2) is 0 Å². The van der Waals surface area contributed by atoms with E-state index in [1.807, 2.05) is 19.1 Å². The summed E-state index contributed by atoms with van der Waals surface area (Å²) in [7, 11) is 1.41. The zero-order chi connectivity index (χ0) is 13.8. The van der Waals surface area contributed by atoms with E-state index in [1.54, 1.807) is 6.07 Å². The van der Waals surface area contributed by atoms with Crippen molar-refractivity contribution in [3.63, 3.8) is 0 Å². The highest BCUT2D eigenvalue weighted by molar-refractivity contribution is 5.69. The van der Waals surface area contributed by atoms with Crippen LogP contribution in [0.5, 0.6) is 5.75 Å². The van der Waals surface area contributed by atoms with Gasteiger partial charge in [-0.05, 0) is 42.4 Å². The Morgan fingerprint density at radius 2 is 2.06 bits per heavy atom. The summed E-state index contributed by atoms with van der Waals surface area (Å²) in [5, 5.41) is 9.53. The van der Waals surface area contributed by atoms with Crippen LogP contribution in [0.1, 0.15) is 44.2 Å². The molecule has 100 valence electrons. The number of phenols is 1. The first kappa shape index (κ1) is 14.6. The van der Waals surface area contributed by atoms with Crippen molar-refractivity contribution in [2.75, 3.05) is 7.11 Å². The molecule has 1 aromatic rings. The summed E-state index contributed by atoms with van der Waals surface area (Å²) in [6.45, 7) is 6.19. The Morgan fingerprint density at radius 1 is 1.39 bits per heavy atom. The largest absolute Gasteiger partial charge is 0.508 e. The minimum absolute atomic E-state index is 0.00746. The highest BCUT2D eigenvalue weighted by Gasteiger charge is 2.21. The average Bonchev–Trinajstić information content (AvgIpc) is 2.32. The molecule has 0 aliphatic carbocycles. The molecule has 1 rings (SSSR count). The second kappa shape index (κ2) is 5.89. The SMILES string of the molecule is COC(=O)CCCC(C)(C)c1ccc(O)c(C)c1. The molecule has 18 heavy (non-hydrogen) atoms. The molecule has 0 fully saturated rings. The number of aromatic hydroxyl groups is 1. The number of carbonyl (C=O) groups is 1. The third-order valence-electron chi connectivity index (χ3n) is 3.39. The second-order valence-corrected chi connectivity index (χ2v) is 5.31. The Hall–Kier alpha value is -1.51. The van der Waals surface area contributed by atoms with E-state index in [2.05, 4.69) is 18.6 Å². The molecule has 0 saturated heterocycles. The smallest absolute Gasteiger partial charge is 0.305 e. The number of hydrogen-bond acceptors (Lipinski definition) is 3. The van der Waals surface area contributed by atoms with Gasteiger partial charge in [-0.1, -0.05) is 26.0 Å². The van der Waals surface area contributed by atoms with Crippen LogP contribution in [0.3, 0.4) is 0 Å². The number of carbonyl (C=O) groups excluding carboxylic acids is 1. The highest BCUT2D eigenvalue weighted by atomic mass is 16.5. The van der Waals surface area contributed by atoms with E-state index < -0.39 is 0 Å². The summed E-state index contributed by atoms with van der Waals surface area (Å²) in [5.74, 6) is 0.164. The maximum atomic E-state index is 11.1. The van der Waals surface area contributed by atoms with Crippen LogP contribution in [-0.2, 0) is 14.9 Å². The fraction of sp³-hybridized carbons (Fsp3) is 0.533. The molecule has 3 nitrogen and oxygen atoms in total. The van der Waals surface area contributed by atoms with Crippen LogP contribution < -0.4 is 0 Å². The van der Waals surface area contributed by atoms with Gasteiger partial charge in [0.25, 0.3) is 0 Å². The highest BCUT2D eigenvalue weighted by Crippen LogP contribution is 2.31. The molecule has 0 radical (unpaired) electrons. The number of rotatable bonds is 5. The molecule has 0 aliphatic rings. The lowest BCUT2D eigenvalue weighted by Gasteiger charge is -2.25. The number of hydrogen-bond donors (Lipinski definition) is 1. The van der Waals surface area contributed by atoms with Gasteiger partial charge in [-0.15, -0.1) is 0 Å². The van der Waals surface area contributed by atoms with E-state index in [4.69, 9.17) is 0 Å². The molecule has 1 aromatic carbocycles. The molecule has 0 unspecified atom stereocenters. The van der Waals surface area contributed by atoms with Crippen molar-refractivity contribution in [3.05, 3.63) is 29.3 Å². The molecule has 3 heteroatoms. The van der Waals surface area contributed by atoms with Crippen LogP contribution in [-0.4, -0.2) is 18.2 Å². The van der Waals surface area contributed by atoms with Crippen molar-refractivity contribution in [2.24, 2.45) is 0 Å². The number of ether oxygens (including phenoxy) is 1. The normalized spacial score (nSPS) is 11.3. The van der Waals surface area contributed by atoms with Crippen LogP contribution in [0.15, 0.2) is 18.2 Å². The zero-order valence-corrected chi connectivity index (χ0v) is 11.6. The fourth-order valence-corrected chi connectivity index (χ4v) is 2.00. The molecular formula is C15H22O3. The molecule has 0 bridgehead atoms. The third kappa shape index (κ3) is 3.76. The van der Waals surface area contributed by atoms with Gasteiger partial charge in [0.2, 0.25) is 0 Å². The van der Waals surface area contributed by atoms with E-state index in [1.165, 1.54) is 12.7 Å². The molecule has 0 aromatic heterocycles. The lowest BCUT2D eigenvalue weighted by atomic mass is 9.79. The first-order valence-corrected chi connectivity index (χ1v) is 6.24. The van der Waals surface area contributed by atoms with Crippen molar-refractivity contribution in [2.45, 2.75) is 45.4 Å². The lowest BCUT2D eigenvalue weighted by molar-refractivity contribution is -0.140. The maximum absolute atomic E-state index is 11.1. The summed E-state index contributed by atoms with van der Waals surface area (Å²) in [4.78, 5) is 11.1. The van der Waals surface area contributed by atoms with Crippen LogP contribution in [0.2, 0.25) is 0 Å². The Kier molecular flexibility index (Phi) is 4.76. The molecule has 0 saturated carbocycles. The van der Waals surface area contributed by atoms with Gasteiger partial charge in [-0.2, -0.15) is 0 Å². The van der Waals surface area contributed by atoms with E-state index in [0.717, 1.165) is 18.4 Å². The quantitative estimate of drug-likeness (QED) is 0.815. The number of benzene rings is 1. The number of phenolic OH excluding ortho intramolecular Hbond substituents is 1. The maximum Gasteiger partial charge on any atom is 0.305 e. The van der Waals surface area contributed by atoms with Crippen LogP contribution in [0.4, 0.5) is 0 Å². The Balaban J connectivity index is 2.67. The summed E-state index contributed by atoms with van der Waals surface area (Å²) in [5.41, 5.74) is 2.06. The molecule has 1 N–H and O–H groups in total. The van der Waals surface area contributed by atoms with Gasteiger partial charge < -0.3 is 9.84 Å². The molecular weight excluding hydrogens is 228 g/mol. The van der Waals surface area contributed by atoms with Gasteiger partial charge in [0, 0.05) is 6.42 Å². The first-order chi connectivity index (χ1) is 8.36. The molecule has 0 atom stereocenters.